The summed E-state index contributed by atoms with van der Waals surface area (Å²) < 4.78 is 25.2. The third kappa shape index (κ3) is 2.94. The van der Waals surface area contributed by atoms with Crippen LogP contribution in [-0.2, 0) is 16.4 Å². The molecule has 0 aliphatic carbocycles. The van der Waals surface area contributed by atoms with Crippen molar-refractivity contribution in [3.8, 4) is 0 Å². The van der Waals surface area contributed by atoms with E-state index in [9.17, 15) is 18.0 Å². The van der Waals surface area contributed by atoms with E-state index in [4.69, 9.17) is 0 Å². The highest BCUT2D eigenvalue weighted by Gasteiger charge is 2.34. The van der Waals surface area contributed by atoms with Gasteiger partial charge in [0.05, 0.1) is 27.5 Å². The number of hydrogen-bond acceptors (Lipinski definition) is 4. The number of rotatable bonds is 4. The first-order valence-electron chi connectivity index (χ1n) is 8.33. The first-order chi connectivity index (χ1) is 13.0. The predicted molar refractivity (Wildman–Crippen MR) is 99.0 cm³/mol. The summed E-state index contributed by atoms with van der Waals surface area (Å²) in [4.78, 5) is 26.4. The molecular formula is C21H15NO4S. The summed E-state index contributed by atoms with van der Waals surface area (Å²) in [5.74, 6) is -0.673. The Bertz CT molecular complexity index is 1100. The molecule has 0 bridgehead atoms. The lowest BCUT2D eigenvalue weighted by Gasteiger charge is -2.14. The van der Waals surface area contributed by atoms with Crippen LogP contribution in [0.2, 0.25) is 0 Å². The van der Waals surface area contributed by atoms with Crippen molar-refractivity contribution in [2.24, 2.45) is 0 Å². The van der Waals surface area contributed by atoms with Gasteiger partial charge in [-0.1, -0.05) is 42.5 Å². The van der Waals surface area contributed by atoms with Crippen LogP contribution in [0.25, 0.3) is 0 Å². The molecule has 4 rings (SSSR count). The van der Waals surface area contributed by atoms with Gasteiger partial charge < -0.3 is 0 Å². The molecule has 0 saturated carbocycles. The van der Waals surface area contributed by atoms with Gasteiger partial charge in [-0.15, -0.1) is 0 Å². The third-order valence-corrected chi connectivity index (χ3v) is 6.29. The second-order valence-corrected chi connectivity index (χ2v) is 8.15. The Labute approximate surface area is 156 Å². The molecule has 0 aromatic heterocycles. The minimum Gasteiger partial charge on any atom is -0.270 e. The topological polar surface area (TPSA) is 71.5 Å². The Kier molecular flexibility index (Phi) is 4.12. The first kappa shape index (κ1) is 17.2. The number of sulfone groups is 1. The van der Waals surface area contributed by atoms with Crippen molar-refractivity contribution in [1.29, 1.82) is 0 Å². The van der Waals surface area contributed by atoms with E-state index in [1.807, 2.05) is 0 Å². The van der Waals surface area contributed by atoms with Crippen molar-refractivity contribution < 1.29 is 18.0 Å². The van der Waals surface area contributed by atoms with Crippen molar-refractivity contribution >= 4 is 21.7 Å². The fraction of sp³-hybridized carbons (Fsp3) is 0.0476. The van der Waals surface area contributed by atoms with Crippen molar-refractivity contribution in [2.75, 3.05) is 0 Å². The average Bonchev–Trinajstić information content (AvgIpc) is 2.94. The zero-order valence-corrected chi connectivity index (χ0v) is 15.0. The van der Waals surface area contributed by atoms with Gasteiger partial charge in [0, 0.05) is 0 Å². The van der Waals surface area contributed by atoms with Crippen LogP contribution in [0.3, 0.4) is 0 Å². The Balaban J connectivity index is 1.58. The second kappa shape index (κ2) is 6.48. The molecule has 134 valence electrons. The van der Waals surface area contributed by atoms with Gasteiger partial charge in [0.25, 0.3) is 11.8 Å². The van der Waals surface area contributed by atoms with Crippen molar-refractivity contribution in [3.05, 3.63) is 95.6 Å². The predicted octanol–water partition coefficient (Wildman–Crippen LogP) is 3.32. The van der Waals surface area contributed by atoms with E-state index in [1.54, 1.807) is 66.7 Å². The van der Waals surface area contributed by atoms with Crippen LogP contribution in [0, 0.1) is 0 Å². The maximum absolute atomic E-state index is 12.6. The van der Waals surface area contributed by atoms with Crippen LogP contribution in [0.4, 0.5) is 0 Å². The monoisotopic (exact) mass is 377 g/mol. The molecule has 1 heterocycles. The number of amides is 2. The summed E-state index contributed by atoms with van der Waals surface area (Å²) >= 11 is 0. The third-order valence-electron chi connectivity index (χ3n) is 4.51. The highest BCUT2D eigenvalue weighted by molar-refractivity contribution is 7.91. The van der Waals surface area contributed by atoms with Crippen molar-refractivity contribution in [2.45, 2.75) is 16.3 Å². The molecule has 2 amide bonds. The van der Waals surface area contributed by atoms with Gasteiger partial charge in [0.15, 0.2) is 0 Å². The van der Waals surface area contributed by atoms with Gasteiger partial charge in [-0.3, -0.25) is 14.5 Å². The summed E-state index contributed by atoms with van der Waals surface area (Å²) in [6.45, 7) is 0.0952. The smallest absolute Gasteiger partial charge is 0.261 e. The maximum atomic E-state index is 12.6. The van der Waals surface area contributed by atoms with Crippen LogP contribution >= 0.6 is 0 Å². The summed E-state index contributed by atoms with van der Waals surface area (Å²) in [7, 11) is -3.60. The zero-order chi connectivity index (χ0) is 19.0. The van der Waals surface area contributed by atoms with Crippen LogP contribution in [0.15, 0.2) is 88.7 Å². The Morgan fingerprint density at radius 2 is 1.11 bits per heavy atom. The van der Waals surface area contributed by atoms with E-state index in [2.05, 4.69) is 0 Å². The van der Waals surface area contributed by atoms with Crippen LogP contribution in [-0.4, -0.2) is 25.1 Å². The standard InChI is InChI=1S/C21H15NO4S/c23-20-18-8-4-5-9-19(18)21(24)22(20)14-15-10-12-17(13-11-15)27(25,26)16-6-2-1-3-7-16/h1-13H,14H2. The van der Waals surface area contributed by atoms with Gasteiger partial charge in [-0.05, 0) is 42.0 Å². The number of nitrogens with zero attached hydrogens (tertiary/aromatic N) is 1. The molecule has 0 saturated heterocycles. The lowest BCUT2D eigenvalue weighted by molar-refractivity contribution is 0.0642. The minimum atomic E-state index is -3.60. The molecule has 3 aromatic carbocycles. The highest BCUT2D eigenvalue weighted by atomic mass is 32.2. The summed E-state index contributed by atoms with van der Waals surface area (Å²) in [5.41, 5.74) is 1.47. The molecule has 1 aliphatic heterocycles. The molecule has 0 radical (unpaired) electrons. The van der Waals surface area contributed by atoms with E-state index < -0.39 is 9.84 Å². The molecule has 0 fully saturated rings. The SMILES string of the molecule is O=C1c2ccccc2C(=O)N1Cc1ccc(S(=O)(=O)c2ccccc2)cc1. The van der Waals surface area contributed by atoms with E-state index in [0.29, 0.717) is 16.7 Å². The Morgan fingerprint density at radius 1 is 0.630 bits per heavy atom. The van der Waals surface area contributed by atoms with Crippen molar-refractivity contribution in [1.82, 2.24) is 4.90 Å². The summed E-state index contributed by atoms with van der Waals surface area (Å²) in [6, 6.07) is 21.1. The fourth-order valence-electron chi connectivity index (χ4n) is 3.08. The zero-order valence-electron chi connectivity index (χ0n) is 14.2. The molecule has 6 heteroatoms. The van der Waals surface area contributed by atoms with E-state index in [0.717, 1.165) is 0 Å². The number of carbonyl (C=O) groups excluding carboxylic acids is 2. The maximum Gasteiger partial charge on any atom is 0.261 e. The molecule has 0 spiro atoms. The fourth-order valence-corrected chi connectivity index (χ4v) is 4.36. The Hall–Kier alpha value is -3.25. The molecule has 3 aromatic rings. The van der Waals surface area contributed by atoms with E-state index in [-0.39, 0.29) is 28.2 Å². The van der Waals surface area contributed by atoms with Crippen LogP contribution in [0.5, 0.6) is 0 Å². The number of fused-ring (bicyclic) bond motifs is 1. The minimum absolute atomic E-state index is 0.0952. The number of hydrogen-bond donors (Lipinski definition) is 0. The molecular weight excluding hydrogens is 362 g/mol. The Morgan fingerprint density at radius 3 is 1.67 bits per heavy atom. The van der Waals surface area contributed by atoms with Gasteiger partial charge in [-0.2, -0.15) is 0 Å². The quantitative estimate of drug-likeness (QED) is 0.654. The molecule has 0 unspecified atom stereocenters. The van der Waals surface area contributed by atoms with Gasteiger partial charge in [-0.25, -0.2) is 8.42 Å². The highest BCUT2D eigenvalue weighted by Crippen LogP contribution is 2.25. The molecule has 5 nitrogen and oxygen atoms in total. The van der Waals surface area contributed by atoms with Crippen molar-refractivity contribution in [3.63, 3.8) is 0 Å². The number of carbonyl (C=O) groups is 2. The molecule has 1 aliphatic rings. The van der Waals surface area contributed by atoms with Gasteiger partial charge >= 0.3 is 0 Å². The normalized spacial score (nSPS) is 13.7. The van der Waals surface area contributed by atoms with Gasteiger partial charge in [0.1, 0.15) is 0 Å². The number of benzene rings is 3. The number of imide groups is 1. The van der Waals surface area contributed by atoms with Crippen LogP contribution < -0.4 is 0 Å². The average molecular weight is 377 g/mol. The van der Waals surface area contributed by atoms with E-state index in [1.165, 1.54) is 17.0 Å². The van der Waals surface area contributed by atoms with E-state index >= 15 is 0 Å². The lowest BCUT2D eigenvalue weighted by Crippen LogP contribution is -2.29. The van der Waals surface area contributed by atoms with Gasteiger partial charge in [0.2, 0.25) is 9.84 Å². The lowest BCUT2D eigenvalue weighted by atomic mass is 10.1. The molecule has 0 atom stereocenters. The molecule has 27 heavy (non-hydrogen) atoms. The van der Waals surface area contributed by atoms with Crippen LogP contribution in [0.1, 0.15) is 26.3 Å². The first-order valence-corrected chi connectivity index (χ1v) is 9.81. The second-order valence-electron chi connectivity index (χ2n) is 6.20. The molecule has 0 N–H and O–H groups in total. The largest absolute Gasteiger partial charge is 0.270 e. The summed E-state index contributed by atoms with van der Waals surface area (Å²) in [6.07, 6.45) is 0. The summed E-state index contributed by atoms with van der Waals surface area (Å²) in [5, 5.41) is 0.